The minimum atomic E-state index is 0.385. The highest BCUT2D eigenvalue weighted by molar-refractivity contribution is 5.56. The molecule has 2 heteroatoms. The fourth-order valence-corrected chi connectivity index (χ4v) is 1.37. The number of anilines is 2. The van der Waals surface area contributed by atoms with Gasteiger partial charge in [-0.3, -0.25) is 0 Å². The smallest absolute Gasteiger partial charge is 0.0345 e. The third-order valence-electron chi connectivity index (χ3n) is 2.47. The highest BCUT2D eigenvalue weighted by atomic mass is 14.9. The number of rotatable bonds is 3. The van der Waals surface area contributed by atoms with Gasteiger partial charge in [-0.05, 0) is 42.5 Å². The largest absolute Gasteiger partial charge is 0.399 e. The van der Waals surface area contributed by atoms with Crippen LogP contribution in [0.4, 0.5) is 11.4 Å². The van der Waals surface area contributed by atoms with Gasteiger partial charge in [0.1, 0.15) is 0 Å². The Labute approximate surface area is 92.9 Å². The fourth-order valence-electron chi connectivity index (χ4n) is 1.37. The maximum absolute atomic E-state index is 5.76. The lowest BCUT2D eigenvalue weighted by atomic mass is 9.92. The number of benzene rings is 1. The third-order valence-corrected chi connectivity index (χ3v) is 2.47. The summed E-state index contributed by atoms with van der Waals surface area (Å²) in [7, 11) is 0. The Bertz CT molecular complexity index is 324. The van der Waals surface area contributed by atoms with E-state index in [0.717, 1.165) is 29.9 Å². The first kappa shape index (κ1) is 11.9. The van der Waals surface area contributed by atoms with Crippen LogP contribution in [0.2, 0.25) is 0 Å². The van der Waals surface area contributed by atoms with Gasteiger partial charge < -0.3 is 11.1 Å². The summed E-state index contributed by atoms with van der Waals surface area (Å²) in [5, 5.41) is 3.41. The van der Waals surface area contributed by atoms with E-state index in [9.17, 15) is 0 Å². The van der Waals surface area contributed by atoms with Crippen LogP contribution in [0.15, 0.2) is 18.2 Å². The number of nitrogens with two attached hydrogens (primary N) is 1. The monoisotopic (exact) mass is 206 g/mol. The van der Waals surface area contributed by atoms with E-state index in [2.05, 4.69) is 32.2 Å². The Hall–Kier alpha value is -1.18. The first-order chi connectivity index (χ1) is 6.88. The zero-order chi connectivity index (χ0) is 11.5. The lowest BCUT2D eigenvalue weighted by Crippen LogP contribution is -2.12. The second kappa shape index (κ2) is 4.56. The molecule has 1 rings (SSSR count). The van der Waals surface area contributed by atoms with E-state index in [1.807, 2.05) is 19.1 Å². The SMILES string of the molecule is Cc1cc(NCCC(C)(C)C)ccc1N. The van der Waals surface area contributed by atoms with Crippen LogP contribution in [-0.2, 0) is 0 Å². The van der Waals surface area contributed by atoms with Crippen molar-refractivity contribution in [3.8, 4) is 0 Å². The molecule has 0 spiro atoms. The van der Waals surface area contributed by atoms with Gasteiger partial charge in [-0.2, -0.15) is 0 Å². The Morgan fingerprint density at radius 1 is 1.27 bits per heavy atom. The molecular weight excluding hydrogens is 184 g/mol. The standard InChI is InChI=1S/C13H22N2/c1-10-9-11(5-6-12(10)14)15-8-7-13(2,3)4/h5-6,9,15H,7-8,14H2,1-4H3. The zero-order valence-electron chi connectivity index (χ0n) is 10.2. The lowest BCUT2D eigenvalue weighted by Gasteiger charge is -2.18. The third kappa shape index (κ3) is 4.24. The minimum absolute atomic E-state index is 0.385. The van der Waals surface area contributed by atoms with E-state index in [1.165, 1.54) is 0 Å². The van der Waals surface area contributed by atoms with Crippen molar-refractivity contribution in [2.45, 2.75) is 34.1 Å². The van der Waals surface area contributed by atoms with Crippen LogP contribution in [0, 0.1) is 12.3 Å². The predicted octanol–water partition coefficient (Wildman–Crippen LogP) is 3.43. The van der Waals surface area contributed by atoms with Gasteiger partial charge in [0.2, 0.25) is 0 Å². The van der Waals surface area contributed by atoms with Gasteiger partial charge in [-0.15, -0.1) is 0 Å². The Morgan fingerprint density at radius 3 is 2.47 bits per heavy atom. The van der Waals surface area contributed by atoms with Gasteiger partial charge in [0, 0.05) is 17.9 Å². The number of hydrogen-bond donors (Lipinski definition) is 2. The van der Waals surface area contributed by atoms with Crippen molar-refractivity contribution in [1.29, 1.82) is 0 Å². The molecule has 84 valence electrons. The van der Waals surface area contributed by atoms with Crippen molar-refractivity contribution >= 4 is 11.4 Å². The molecule has 0 aliphatic carbocycles. The van der Waals surface area contributed by atoms with Crippen molar-refractivity contribution in [2.24, 2.45) is 5.41 Å². The second-order valence-electron chi connectivity index (χ2n) is 5.31. The summed E-state index contributed by atoms with van der Waals surface area (Å²) in [6, 6.07) is 6.08. The molecule has 2 nitrogen and oxygen atoms in total. The van der Waals surface area contributed by atoms with Gasteiger partial charge in [0.15, 0.2) is 0 Å². The van der Waals surface area contributed by atoms with Gasteiger partial charge in [-0.25, -0.2) is 0 Å². The maximum Gasteiger partial charge on any atom is 0.0345 e. The van der Waals surface area contributed by atoms with E-state index in [0.29, 0.717) is 5.41 Å². The number of nitrogen functional groups attached to an aromatic ring is 1. The van der Waals surface area contributed by atoms with Crippen molar-refractivity contribution in [2.75, 3.05) is 17.6 Å². The zero-order valence-corrected chi connectivity index (χ0v) is 10.2. The molecule has 0 saturated carbocycles. The van der Waals surface area contributed by atoms with Crippen LogP contribution in [0.1, 0.15) is 32.8 Å². The number of hydrogen-bond acceptors (Lipinski definition) is 2. The van der Waals surface area contributed by atoms with Crippen molar-refractivity contribution in [3.05, 3.63) is 23.8 Å². The van der Waals surface area contributed by atoms with E-state index in [-0.39, 0.29) is 0 Å². The summed E-state index contributed by atoms with van der Waals surface area (Å²) in [6.07, 6.45) is 1.16. The fraction of sp³-hybridized carbons (Fsp3) is 0.538. The highest BCUT2D eigenvalue weighted by Gasteiger charge is 2.08. The summed E-state index contributed by atoms with van der Waals surface area (Å²) in [6.45, 7) is 9.80. The molecule has 0 bridgehead atoms. The van der Waals surface area contributed by atoms with E-state index in [1.54, 1.807) is 0 Å². The molecule has 0 heterocycles. The maximum atomic E-state index is 5.76. The molecular formula is C13H22N2. The summed E-state index contributed by atoms with van der Waals surface area (Å²) >= 11 is 0. The van der Waals surface area contributed by atoms with Crippen LogP contribution in [0.3, 0.4) is 0 Å². The summed E-state index contributed by atoms with van der Waals surface area (Å²) in [4.78, 5) is 0. The molecule has 1 aromatic rings. The molecule has 3 N–H and O–H groups in total. The summed E-state index contributed by atoms with van der Waals surface area (Å²) < 4.78 is 0. The molecule has 0 aromatic heterocycles. The highest BCUT2D eigenvalue weighted by Crippen LogP contribution is 2.20. The molecule has 0 radical (unpaired) electrons. The first-order valence-corrected chi connectivity index (χ1v) is 5.48. The topological polar surface area (TPSA) is 38.0 Å². The van der Waals surface area contributed by atoms with Gasteiger partial charge in [0.25, 0.3) is 0 Å². The van der Waals surface area contributed by atoms with Crippen LogP contribution < -0.4 is 11.1 Å². The Morgan fingerprint density at radius 2 is 1.93 bits per heavy atom. The predicted molar refractivity (Wildman–Crippen MR) is 68.2 cm³/mol. The van der Waals surface area contributed by atoms with E-state index >= 15 is 0 Å². The normalized spacial score (nSPS) is 11.5. The second-order valence-corrected chi connectivity index (χ2v) is 5.31. The quantitative estimate of drug-likeness (QED) is 0.744. The Balaban J connectivity index is 2.48. The average molecular weight is 206 g/mol. The average Bonchev–Trinajstić information content (AvgIpc) is 2.09. The molecule has 0 unspecified atom stereocenters. The molecule has 0 amide bonds. The van der Waals surface area contributed by atoms with Crippen LogP contribution in [-0.4, -0.2) is 6.54 Å². The molecule has 0 aliphatic heterocycles. The van der Waals surface area contributed by atoms with Crippen molar-refractivity contribution < 1.29 is 0 Å². The van der Waals surface area contributed by atoms with E-state index < -0.39 is 0 Å². The summed E-state index contributed by atoms with van der Waals surface area (Å²) in [5.41, 5.74) is 9.29. The van der Waals surface area contributed by atoms with Crippen molar-refractivity contribution in [3.63, 3.8) is 0 Å². The van der Waals surface area contributed by atoms with E-state index in [4.69, 9.17) is 5.73 Å². The van der Waals surface area contributed by atoms with Crippen LogP contribution in [0.5, 0.6) is 0 Å². The van der Waals surface area contributed by atoms with Gasteiger partial charge >= 0.3 is 0 Å². The van der Waals surface area contributed by atoms with Crippen molar-refractivity contribution in [1.82, 2.24) is 0 Å². The van der Waals surface area contributed by atoms with Gasteiger partial charge in [-0.1, -0.05) is 20.8 Å². The molecule has 0 saturated heterocycles. The number of nitrogens with one attached hydrogen (secondary N) is 1. The molecule has 0 aliphatic rings. The van der Waals surface area contributed by atoms with Gasteiger partial charge in [0.05, 0.1) is 0 Å². The molecule has 0 atom stereocenters. The van der Waals surface area contributed by atoms with Crippen LogP contribution in [0.25, 0.3) is 0 Å². The molecule has 0 fully saturated rings. The first-order valence-electron chi connectivity index (χ1n) is 5.48. The Kier molecular flexibility index (Phi) is 3.61. The van der Waals surface area contributed by atoms with Crippen LogP contribution >= 0.6 is 0 Å². The number of aryl methyl sites for hydroxylation is 1. The minimum Gasteiger partial charge on any atom is -0.399 e. The summed E-state index contributed by atoms with van der Waals surface area (Å²) in [5.74, 6) is 0. The molecule has 1 aromatic carbocycles. The lowest BCUT2D eigenvalue weighted by molar-refractivity contribution is 0.390. The molecule has 15 heavy (non-hydrogen) atoms.